The summed E-state index contributed by atoms with van der Waals surface area (Å²) in [6.45, 7) is 2.09. The number of aryl methyl sites for hydroxylation is 3. The molecule has 1 aromatic carbocycles. The summed E-state index contributed by atoms with van der Waals surface area (Å²) in [7, 11) is 2.01. The van der Waals surface area contributed by atoms with Crippen LogP contribution >= 0.6 is 12.2 Å². The van der Waals surface area contributed by atoms with Crippen LogP contribution < -0.4 is 10.6 Å². The largest absolute Gasteiger partial charge is 0.389 e. The number of fused-ring (bicyclic) bond motifs is 1. The summed E-state index contributed by atoms with van der Waals surface area (Å²) in [4.78, 5) is 7.32. The standard InChI is InChI=1S/C17H19N3S/c1-11-5-3-7-13(9-11)20(2)17-14(16(18)21)10-12-6-4-8-15(12)19-17/h3,5,7,9-10H,4,6,8H2,1-2H3,(H2,18,21). The van der Waals surface area contributed by atoms with Crippen molar-refractivity contribution in [1.29, 1.82) is 0 Å². The molecule has 0 saturated heterocycles. The molecule has 0 spiro atoms. The van der Waals surface area contributed by atoms with Gasteiger partial charge in [0.25, 0.3) is 0 Å². The van der Waals surface area contributed by atoms with E-state index in [4.69, 9.17) is 22.9 Å². The van der Waals surface area contributed by atoms with Gasteiger partial charge in [-0.2, -0.15) is 0 Å². The van der Waals surface area contributed by atoms with Gasteiger partial charge in [0.15, 0.2) is 0 Å². The topological polar surface area (TPSA) is 42.2 Å². The lowest BCUT2D eigenvalue weighted by Gasteiger charge is -2.22. The molecular weight excluding hydrogens is 278 g/mol. The summed E-state index contributed by atoms with van der Waals surface area (Å²) < 4.78 is 0. The van der Waals surface area contributed by atoms with Gasteiger partial charge in [-0.25, -0.2) is 4.98 Å². The van der Waals surface area contributed by atoms with Crippen LogP contribution in [0.5, 0.6) is 0 Å². The number of anilines is 2. The zero-order valence-corrected chi connectivity index (χ0v) is 13.2. The number of aromatic nitrogens is 1. The molecule has 2 N–H and O–H groups in total. The highest BCUT2D eigenvalue weighted by Crippen LogP contribution is 2.30. The van der Waals surface area contributed by atoms with Crippen LogP contribution in [-0.4, -0.2) is 17.0 Å². The molecule has 0 unspecified atom stereocenters. The van der Waals surface area contributed by atoms with Crippen LogP contribution in [-0.2, 0) is 12.8 Å². The first-order chi connectivity index (χ1) is 10.1. The van der Waals surface area contributed by atoms with Crippen molar-refractivity contribution in [2.45, 2.75) is 26.2 Å². The third-order valence-corrected chi connectivity index (χ3v) is 4.22. The number of nitrogens with two attached hydrogens (primary N) is 1. The van der Waals surface area contributed by atoms with E-state index in [9.17, 15) is 0 Å². The van der Waals surface area contributed by atoms with E-state index in [-0.39, 0.29) is 0 Å². The Balaban J connectivity index is 2.10. The second-order valence-corrected chi connectivity index (χ2v) is 6.02. The molecule has 0 aliphatic heterocycles. The number of rotatable bonds is 3. The minimum Gasteiger partial charge on any atom is -0.389 e. The van der Waals surface area contributed by atoms with Gasteiger partial charge in [-0.15, -0.1) is 0 Å². The quantitative estimate of drug-likeness (QED) is 0.883. The molecule has 2 aromatic rings. The Hall–Kier alpha value is -1.94. The van der Waals surface area contributed by atoms with Gasteiger partial charge in [0, 0.05) is 18.4 Å². The van der Waals surface area contributed by atoms with Crippen molar-refractivity contribution in [2.24, 2.45) is 5.73 Å². The molecule has 0 atom stereocenters. The second-order valence-electron chi connectivity index (χ2n) is 5.58. The molecule has 0 fully saturated rings. The molecule has 0 amide bonds. The molecule has 1 heterocycles. The Bertz CT molecular complexity index is 709. The molecular formula is C17H19N3S. The number of nitrogens with zero attached hydrogens (tertiary/aromatic N) is 2. The summed E-state index contributed by atoms with van der Waals surface area (Å²) in [6, 6.07) is 10.5. The molecule has 3 nitrogen and oxygen atoms in total. The summed E-state index contributed by atoms with van der Waals surface area (Å²) in [5.41, 5.74) is 11.6. The SMILES string of the molecule is Cc1cccc(N(C)c2nc3c(cc2C(N)=S)CCC3)c1. The van der Waals surface area contributed by atoms with Crippen molar-refractivity contribution in [3.63, 3.8) is 0 Å². The first kappa shape index (κ1) is 14.0. The fraction of sp³-hybridized carbons (Fsp3) is 0.294. The van der Waals surface area contributed by atoms with Crippen LogP contribution in [0, 0.1) is 6.92 Å². The van der Waals surface area contributed by atoms with Gasteiger partial charge in [-0.3, -0.25) is 0 Å². The molecule has 1 aliphatic rings. The van der Waals surface area contributed by atoms with Gasteiger partial charge >= 0.3 is 0 Å². The summed E-state index contributed by atoms with van der Waals surface area (Å²) >= 11 is 5.23. The molecule has 3 rings (SSSR count). The molecule has 4 heteroatoms. The summed E-state index contributed by atoms with van der Waals surface area (Å²) in [5, 5.41) is 0. The zero-order chi connectivity index (χ0) is 15.0. The highest BCUT2D eigenvalue weighted by atomic mass is 32.1. The van der Waals surface area contributed by atoms with E-state index in [0.717, 1.165) is 36.3 Å². The monoisotopic (exact) mass is 297 g/mol. The molecule has 0 radical (unpaired) electrons. The molecule has 1 aliphatic carbocycles. The predicted octanol–water partition coefficient (Wildman–Crippen LogP) is 3.28. The smallest absolute Gasteiger partial charge is 0.143 e. The van der Waals surface area contributed by atoms with Crippen LogP contribution in [0.3, 0.4) is 0 Å². The highest BCUT2D eigenvalue weighted by Gasteiger charge is 2.20. The van der Waals surface area contributed by atoms with E-state index in [2.05, 4.69) is 42.2 Å². The van der Waals surface area contributed by atoms with E-state index >= 15 is 0 Å². The number of hydrogen-bond acceptors (Lipinski definition) is 3. The average Bonchev–Trinajstić information content (AvgIpc) is 2.92. The third-order valence-electron chi connectivity index (χ3n) is 4.00. The first-order valence-electron chi connectivity index (χ1n) is 7.19. The second kappa shape index (κ2) is 5.45. The van der Waals surface area contributed by atoms with Crippen molar-refractivity contribution in [1.82, 2.24) is 4.98 Å². The van der Waals surface area contributed by atoms with Gasteiger partial charge in [-0.05, 0) is 55.5 Å². The fourth-order valence-electron chi connectivity index (χ4n) is 2.86. The zero-order valence-electron chi connectivity index (χ0n) is 12.4. The van der Waals surface area contributed by atoms with Crippen molar-refractivity contribution < 1.29 is 0 Å². The van der Waals surface area contributed by atoms with Gasteiger partial charge in [0.1, 0.15) is 10.8 Å². The normalized spacial score (nSPS) is 13.0. The lowest BCUT2D eigenvalue weighted by atomic mass is 10.1. The van der Waals surface area contributed by atoms with Crippen LogP contribution in [0.25, 0.3) is 0 Å². The Kier molecular flexibility index (Phi) is 3.64. The van der Waals surface area contributed by atoms with Crippen molar-refractivity contribution >= 4 is 28.7 Å². The minimum absolute atomic E-state index is 0.409. The summed E-state index contributed by atoms with van der Waals surface area (Å²) in [5.74, 6) is 0.855. The third kappa shape index (κ3) is 2.63. The van der Waals surface area contributed by atoms with Crippen molar-refractivity contribution in [3.05, 3.63) is 52.7 Å². The van der Waals surface area contributed by atoms with E-state index in [0.29, 0.717) is 4.99 Å². The molecule has 0 bridgehead atoms. The fourth-order valence-corrected chi connectivity index (χ4v) is 3.01. The van der Waals surface area contributed by atoms with E-state index in [1.807, 2.05) is 7.05 Å². The lowest BCUT2D eigenvalue weighted by Crippen LogP contribution is -2.20. The average molecular weight is 297 g/mol. The van der Waals surface area contributed by atoms with E-state index in [1.54, 1.807) is 0 Å². The van der Waals surface area contributed by atoms with Crippen LogP contribution in [0.15, 0.2) is 30.3 Å². The van der Waals surface area contributed by atoms with Crippen LogP contribution in [0.4, 0.5) is 11.5 Å². The van der Waals surface area contributed by atoms with Crippen molar-refractivity contribution in [2.75, 3.05) is 11.9 Å². The molecule has 108 valence electrons. The van der Waals surface area contributed by atoms with Crippen LogP contribution in [0.1, 0.15) is 28.8 Å². The van der Waals surface area contributed by atoms with Gasteiger partial charge < -0.3 is 10.6 Å². The van der Waals surface area contributed by atoms with E-state index < -0.39 is 0 Å². The Morgan fingerprint density at radius 3 is 2.81 bits per heavy atom. The van der Waals surface area contributed by atoms with Gasteiger partial charge in [0.2, 0.25) is 0 Å². The van der Waals surface area contributed by atoms with Crippen LogP contribution in [0.2, 0.25) is 0 Å². The Morgan fingerprint density at radius 2 is 2.10 bits per heavy atom. The predicted molar refractivity (Wildman–Crippen MR) is 91.4 cm³/mol. The molecule has 21 heavy (non-hydrogen) atoms. The maximum Gasteiger partial charge on any atom is 0.143 e. The molecule has 0 saturated carbocycles. The first-order valence-corrected chi connectivity index (χ1v) is 7.60. The number of pyridine rings is 1. The number of thiocarbonyl (C=S) groups is 1. The Morgan fingerprint density at radius 1 is 1.29 bits per heavy atom. The summed E-state index contributed by atoms with van der Waals surface area (Å²) in [6.07, 6.45) is 3.28. The van der Waals surface area contributed by atoms with Gasteiger partial charge in [0.05, 0.1) is 5.56 Å². The molecule has 1 aromatic heterocycles. The maximum atomic E-state index is 5.92. The minimum atomic E-state index is 0.409. The Labute approximate surface area is 130 Å². The van der Waals surface area contributed by atoms with Gasteiger partial charge in [-0.1, -0.05) is 24.4 Å². The maximum absolute atomic E-state index is 5.92. The van der Waals surface area contributed by atoms with E-state index in [1.165, 1.54) is 16.8 Å². The highest BCUT2D eigenvalue weighted by molar-refractivity contribution is 7.80. The van der Waals surface area contributed by atoms with Crippen molar-refractivity contribution in [3.8, 4) is 0 Å². The number of benzene rings is 1. The lowest BCUT2D eigenvalue weighted by molar-refractivity contribution is 0.898. The number of hydrogen-bond donors (Lipinski definition) is 1.